The standard InChI is InChI=1S/C11H16N2O2/c1-9-8-10(5-7-12-9)13-6-3-2-4-11(14)15/h5,7-8H,2-4,6H2,1H3,(H,12,13)(H,14,15). The van der Waals surface area contributed by atoms with E-state index in [0.717, 1.165) is 24.3 Å². The molecular weight excluding hydrogens is 192 g/mol. The molecule has 4 heteroatoms. The van der Waals surface area contributed by atoms with Gasteiger partial charge in [0.05, 0.1) is 0 Å². The van der Waals surface area contributed by atoms with E-state index in [1.165, 1.54) is 0 Å². The molecule has 1 aromatic rings. The smallest absolute Gasteiger partial charge is 0.303 e. The molecule has 0 aliphatic rings. The van der Waals surface area contributed by atoms with Gasteiger partial charge in [-0.25, -0.2) is 0 Å². The van der Waals surface area contributed by atoms with Crippen molar-refractivity contribution in [2.45, 2.75) is 26.2 Å². The average molecular weight is 208 g/mol. The molecule has 0 aliphatic heterocycles. The second-order valence-corrected chi connectivity index (χ2v) is 3.46. The molecule has 1 rings (SSSR count). The molecule has 1 heterocycles. The highest BCUT2D eigenvalue weighted by Crippen LogP contribution is 2.07. The number of carbonyl (C=O) groups is 1. The van der Waals surface area contributed by atoms with Crippen LogP contribution in [-0.2, 0) is 4.79 Å². The van der Waals surface area contributed by atoms with Crippen LogP contribution in [0.25, 0.3) is 0 Å². The molecule has 0 atom stereocenters. The molecule has 0 saturated heterocycles. The van der Waals surface area contributed by atoms with Gasteiger partial charge in [0.25, 0.3) is 0 Å². The second-order valence-electron chi connectivity index (χ2n) is 3.46. The van der Waals surface area contributed by atoms with Crippen LogP contribution in [0.1, 0.15) is 25.0 Å². The van der Waals surface area contributed by atoms with E-state index in [2.05, 4.69) is 10.3 Å². The van der Waals surface area contributed by atoms with E-state index in [-0.39, 0.29) is 6.42 Å². The molecule has 4 nitrogen and oxygen atoms in total. The van der Waals surface area contributed by atoms with E-state index in [1.54, 1.807) is 6.20 Å². The predicted molar refractivity (Wildman–Crippen MR) is 59.0 cm³/mol. The van der Waals surface area contributed by atoms with Gasteiger partial charge in [0, 0.05) is 30.5 Å². The number of hydrogen-bond acceptors (Lipinski definition) is 3. The van der Waals surface area contributed by atoms with Gasteiger partial charge in [0.15, 0.2) is 0 Å². The third-order valence-electron chi connectivity index (χ3n) is 2.04. The Kier molecular flexibility index (Phi) is 4.60. The summed E-state index contributed by atoms with van der Waals surface area (Å²) >= 11 is 0. The number of aromatic nitrogens is 1. The van der Waals surface area contributed by atoms with Gasteiger partial charge in [-0.15, -0.1) is 0 Å². The fourth-order valence-corrected chi connectivity index (χ4v) is 1.29. The monoisotopic (exact) mass is 208 g/mol. The zero-order chi connectivity index (χ0) is 11.1. The Morgan fingerprint density at radius 3 is 3.00 bits per heavy atom. The van der Waals surface area contributed by atoms with Crippen molar-refractivity contribution in [2.75, 3.05) is 11.9 Å². The van der Waals surface area contributed by atoms with Crippen LogP contribution in [0.5, 0.6) is 0 Å². The molecule has 0 aliphatic carbocycles. The van der Waals surface area contributed by atoms with E-state index >= 15 is 0 Å². The van der Waals surface area contributed by atoms with E-state index in [4.69, 9.17) is 5.11 Å². The second kappa shape index (κ2) is 6.01. The number of nitrogens with zero attached hydrogens (tertiary/aromatic N) is 1. The number of pyridine rings is 1. The maximum Gasteiger partial charge on any atom is 0.303 e. The first-order valence-corrected chi connectivity index (χ1v) is 5.07. The number of unbranched alkanes of at least 4 members (excludes halogenated alkanes) is 1. The lowest BCUT2D eigenvalue weighted by Gasteiger charge is -2.05. The zero-order valence-corrected chi connectivity index (χ0v) is 8.86. The highest BCUT2D eigenvalue weighted by Gasteiger charge is 1.96. The van der Waals surface area contributed by atoms with E-state index in [0.29, 0.717) is 6.42 Å². The zero-order valence-electron chi connectivity index (χ0n) is 8.86. The third-order valence-corrected chi connectivity index (χ3v) is 2.04. The maximum atomic E-state index is 10.2. The minimum atomic E-state index is -0.727. The lowest BCUT2D eigenvalue weighted by molar-refractivity contribution is -0.137. The average Bonchev–Trinajstić information content (AvgIpc) is 2.17. The molecule has 2 N–H and O–H groups in total. The summed E-state index contributed by atoms with van der Waals surface area (Å²) in [4.78, 5) is 14.3. The number of carboxylic acid groups (broad SMARTS) is 1. The molecule has 15 heavy (non-hydrogen) atoms. The third kappa shape index (κ3) is 5.00. The van der Waals surface area contributed by atoms with Crippen molar-refractivity contribution in [1.29, 1.82) is 0 Å². The molecule has 0 saturated carbocycles. The maximum absolute atomic E-state index is 10.2. The van der Waals surface area contributed by atoms with Crippen molar-refractivity contribution < 1.29 is 9.90 Å². The summed E-state index contributed by atoms with van der Waals surface area (Å²) in [5, 5.41) is 11.7. The van der Waals surface area contributed by atoms with Crippen LogP contribution in [-0.4, -0.2) is 22.6 Å². The lowest BCUT2D eigenvalue weighted by atomic mass is 10.2. The molecule has 0 spiro atoms. The number of aryl methyl sites for hydroxylation is 1. The molecule has 0 radical (unpaired) electrons. The highest BCUT2D eigenvalue weighted by atomic mass is 16.4. The topological polar surface area (TPSA) is 62.2 Å². The molecule has 0 unspecified atom stereocenters. The van der Waals surface area contributed by atoms with E-state index < -0.39 is 5.97 Å². The summed E-state index contributed by atoms with van der Waals surface area (Å²) in [5.74, 6) is -0.727. The summed E-state index contributed by atoms with van der Waals surface area (Å²) in [6, 6.07) is 3.88. The van der Waals surface area contributed by atoms with Crippen LogP contribution in [0.3, 0.4) is 0 Å². The van der Waals surface area contributed by atoms with Crippen LogP contribution in [0.2, 0.25) is 0 Å². The Morgan fingerprint density at radius 2 is 2.33 bits per heavy atom. The Bertz CT molecular complexity index is 326. The van der Waals surface area contributed by atoms with Gasteiger partial charge >= 0.3 is 5.97 Å². The van der Waals surface area contributed by atoms with Gasteiger partial charge in [-0.05, 0) is 31.9 Å². The Labute approximate surface area is 89.3 Å². The summed E-state index contributed by atoms with van der Waals surface area (Å²) in [6.07, 6.45) is 3.59. The number of rotatable bonds is 6. The SMILES string of the molecule is Cc1cc(NCCCCC(=O)O)ccn1. The van der Waals surface area contributed by atoms with Crippen LogP contribution >= 0.6 is 0 Å². The Morgan fingerprint density at radius 1 is 1.53 bits per heavy atom. The summed E-state index contributed by atoms with van der Waals surface area (Å²) < 4.78 is 0. The number of carboxylic acids is 1. The van der Waals surface area contributed by atoms with Gasteiger partial charge in [-0.2, -0.15) is 0 Å². The molecule has 0 amide bonds. The minimum Gasteiger partial charge on any atom is -0.481 e. The van der Waals surface area contributed by atoms with Crippen molar-refractivity contribution in [2.24, 2.45) is 0 Å². The molecule has 82 valence electrons. The molecule has 0 fully saturated rings. The Balaban J connectivity index is 2.17. The number of hydrogen-bond donors (Lipinski definition) is 2. The minimum absolute atomic E-state index is 0.247. The Hall–Kier alpha value is -1.58. The van der Waals surface area contributed by atoms with Gasteiger partial charge in [-0.1, -0.05) is 0 Å². The molecule has 1 aromatic heterocycles. The van der Waals surface area contributed by atoms with Crippen LogP contribution in [0, 0.1) is 6.92 Å². The van der Waals surface area contributed by atoms with Gasteiger partial charge in [-0.3, -0.25) is 9.78 Å². The summed E-state index contributed by atoms with van der Waals surface area (Å²) in [7, 11) is 0. The van der Waals surface area contributed by atoms with Gasteiger partial charge in [0.1, 0.15) is 0 Å². The fraction of sp³-hybridized carbons (Fsp3) is 0.455. The van der Waals surface area contributed by atoms with Crippen molar-refractivity contribution in [3.8, 4) is 0 Å². The summed E-state index contributed by atoms with van der Waals surface area (Å²) in [5.41, 5.74) is 2.02. The van der Waals surface area contributed by atoms with Crippen LogP contribution in [0.15, 0.2) is 18.3 Å². The quantitative estimate of drug-likeness (QED) is 0.702. The number of aliphatic carboxylic acids is 1. The number of anilines is 1. The number of nitrogens with one attached hydrogen (secondary N) is 1. The predicted octanol–water partition coefficient (Wildman–Crippen LogP) is 2.06. The highest BCUT2D eigenvalue weighted by molar-refractivity contribution is 5.66. The largest absolute Gasteiger partial charge is 0.481 e. The molecule has 0 aromatic carbocycles. The van der Waals surface area contributed by atoms with E-state index in [1.807, 2.05) is 19.1 Å². The summed E-state index contributed by atoms with van der Waals surface area (Å²) in [6.45, 7) is 2.74. The first kappa shape index (κ1) is 11.5. The fourth-order valence-electron chi connectivity index (χ4n) is 1.29. The van der Waals surface area contributed by atoms with Crippen molar-refractivity contribution in [3.63, 3.8) is 0 Å². The normalized spacial score (nSPS) is 9.93. The van der Waals surface area contributed by atoms with Crippen molar-refractivity contribution in [1.82, 2.24) is 4.98 Å². The molecular formula is C11H16N2O2. The van der Waals surface area contributed by atoms with Crippen molar-refractivity contribution >= 4 is 11.7 Å². The van der Waals surface area contributed by atoms with Crippen LogP contribution < -0.4 is 5.32 Å². The van der Waals surface area contributed by atoms with E-state index in [9.17, 15) is 4.79 Å². The lowest BCUT2D eigenvalue weighted by Crippen LogP contribution is -2.03. The first-order chi connectivity index (χ1) is 7.18. The van der Waals surface area contributed by atoms with Gasteiger partial charge < -0.3 is 10.4 Å². The first-order valence-electron chi connectivity index (χ1n) is 5.07. The van der Waals surface area contributed by atoms with Gasteiger partial charge in [0.2, 0.25) is 0 Å². The van der Waals surface area contributed by atoms with Crippen molar-refractivity contribution in [3.05, 3.63) is 24.0 Å². The molecule has 0 bridgehead atoms. The van der Waals surface area contributed by atoms with Crippen LogP contribution in [0.4, 0.5) is 5.69 Å².